The highest BCUT2D eigenvalue weighted by Gasteiger charge is 2.20. The Hall–Kier alpha value is -1.08. The van der Waals surface area contributed by atoms with E-state index < -0.39 is 0 Å². The van der Waals surface area contributed by atoms with Gasteiger partial charge in [0, 0.05) is 32.7 Å². The molecule has 0 spiro atoms. The van der Waals surface area contributed by atoms with Gasteiger partial charge in [-0.25, -0.2) is 0 Å². The van der Waals surface area contributed by atoms with Crippen molar-refractivity contribution in [3.63, 3.8) is 0 Å². The first-order chi connectivity index (χ1) is 13.3. The van der Waals surface area contributed by atoms with Gasteiger partial charge in [0.2, 0.25) is 0 Å². The summed E-state index contributed by atoms with van der Waals surface area (Å²) in [6.07, 6.45) is 7.27. The summed E-state index contributed by atoms with van der Waals surface area (Å²) < 4.78 is 0. The van der Waals surface area contributed by atoms with E-state index in [0.717, 1.165) is 45.0 Å². The van der Waals surface area contributed by atoms with Gasteiger partial charge in [0.25, 0.3) is 0 Å². The molecule has 0 bridgehead atoms. The van der Waals surface area contributed by atoms with E-state index >= 15 is 0 Å². The van der Waals surface area contributed by atoms with Gasteiger partial charge in [0.05, 0.1) is 0 Å². The average molecular weight is 496 g/mol. The van der Waals surface area contributed by atoms with Crippen molar-refractivity contribution >= 4 is 36.0 Å². The molecule has 0 aliphatic carbocycles. The summed E-state index contributed by atoms with van der Waals surface area (Å²) in [5.41, 5.74) is 2.87. The van der Waals surface area contributed by atoms with Crippen LogP contribution in [0.3, 0.4) is 0 Å². The van der Waals surface area contributed by atoms with Crippen molar-refractivity contribution in [1.82, 2.24) is 15.1 Å². The monoisotopic (exact) mass is 496 g/mol. The lowest BCUT2D eigenvalue weighted by Crippen LogP contribution is -2.45. The van der Waals surface area contributed by atoms with E-state index in [4.69, 9.17) is 4.99 Å². The second-order valence-corrected chi connectivity index (χ2v) is 7.80. The van der Waals surface area contributed by atoms with Crippen LogP contribution >= 0.6 is 24.0 Å². The molecule has 2 heterocycles. The van der Waals surface area contributed by atoms with Crippen LogP contribution in [-0.4, -0.2) is 61.6 Å². The van der Waals surface area contributed by atoms with Crippen LogP contribution in [0.25, 0.3) is 6.08 Å². The summed E-state index contributed by atoms with van der Waals surface area (Å²) >= 11 is 0. The van der Waals surface area contributed by atoms with Crippen molar-refractivity contribution < 1.29 is 0 Å². The molecule has 2 aliphatic rings. The van der Waals surface area contributed by atoms with Crippen molar-refractivity contribution in [3.8, 4) is 0 Å². The van der Waals surface area contributed by atoms with E-state index in [2.05, 4.69) is 65.4 Å². The van der Waals surface area contributed by atoms with Gasteiger partial charge >= 0.3 is 0 Å². The van der Waals surface area contributed by atoms with Crippen molar-refractivity contribution in [2.24, 2.45) is 10.9 Å². The molecule has 1 N–H and O–H groups in total. The molecule has 0 radical (unpaired) electrons. The number of piperidine rings is 2. The zero-order chi connectivity index (χ0) is 18.9. The van der Waals surface area contributed by atoms with Gasteiger partial charge in [-0.1, -0.05) is 48.9 Å². The molecule has 28 heavy (non-hydrogen) atoms. The minimum atomic E-state index is 0. The Morgan fingerprint density at radius 2 is 1.89 bits per heavy atom. The summed E-state index contributed by atoms with van der Waals surface area (Å²) in [6.45, 7) is 12.1. The fraction of sp³-hybridized carbons (Fsp3) is 0.609. The molecular weight excluding hydrogens is 459 g/mol. The summed E-state index contributed by atoms with van der Waals surface area (Å²) in [6, 6.07) is 10.7. The Labute approximate surface area is 188 Å². The first kappa shape index (κ1) is 23.2. The van der Waals surface area contributed by atoms with E-state index in [1.807, 2.05) is 0 Å². The second kappa shape index (κ2) is 12.5. The van der Waals surface area contributed by atoms with Gasteiger partial charge < -0.3 is 15.1 Å². The molecule has 4 nitrogen and oxygen atoms in total. The number of benzene rings is 1. The zero-order valence-corrected chi connectivity index (χ0v) is 19.9. The number of aliphatic imine (C=N–C) groups is 1. The highest BCUT2D eigenvalue weighted by Crippen LogP contribution is 2.20. The number of halogens is 1. The molecule has 2 saturated heterocycles. The van der Waals surface area contributed by atoms with Crippen LogP contribution in [0.5, 0.6) is 0 Å². The van der Waals surface area contributed by atoms with Crippen LogP contribution in [0, 0.1) is 5.92 Å². The van der Waals surface area contributed by atoms with Gasteiger partial charge in [-0.15, -0.1) is 24.0 Å². The number of guanidine groups is 1. The molecule has 2 aliphatic heterocycles. The highest BCUT2D eigenvalue weighted by molar-refractivity contribution is 14.0. The Kier molecular flexibility index (Phi) is 10.3. The Bertz CT molecular complexity index is 619. The van der Waals surface area contributed by atoms with Gasteiger partial charge in [-0.3, -0.25) is 4.99 Å². The normalized spacial score (nSPS) is 21.2. The first-order valence-electron chi connectivity index (χ1n) is 10.8. The quantitative estimate of drug-likeness (QED) is 0.371. The number of hydrogen-bond donors (Lipinski definition) is 1. The van der Waals surface area contributed by atoms with Gasteiger partial charge in [0.15, 0.2) is 5.96 Å². The fourth-order valence-corrected chi connectivity index (χ4v) is 4.16. The predicted octanol–water partition coefficient (Wildman–Crippen LogP) is 4.48. The lowest BCUT2D eigenvalue weighted by atomic mass is 9.98. The van der Waals surface area contributed by atoms with Crippen LogP contribution in [0.2, 0.25) is 0 Å². The first-order valence-corrected chi connectivity index (χ1v) is 10.8. The van der Waals surface area contributed by atoms with Crippen molar-refractivity contribution in [3.05, 3.63) is 41.5 Å². The van der Waals surface area contributed by atoms with Crippen LogP contribution in [0.15, 0.2) is 40.9 Å². The molecule has 1 aromatic carbocycles. The van der Waals surface area contributed by atoms with E-state index in [1.165, 1.54) is 38.0 Å². The molecule has 2 fully saturated rings. The molecular formula is C23H37IN4. The van der Waals surface area contributed by atoms with E-state index in [-0.39, 0.29) is 24.0 Å². The van der Waals surface area contributed by atoms with Gasteiger partial charge in [0.1, 0.15) is 0 Å². The molecule has 1 aromatic rings. The zero-order valence-electron chi connectivity index (χ0n) is 17.6. The highest BCUT2D eigenvalue weighted by atomic mass is 127. The van der Waals surface area contributed by atoms with Crippen molar-refractivity contribution in [2.45, 2.75) is 39.5 Å². The predicted molar refractivity (Wildman–Crippen MR) is 131 cm³/mol. The molecule has 1 unspecified atom stereocenters. The molecule has 156 valence electrons. The number of rotatable bonds is 5. The molecule has 5 heteroatoms. The number of likely N-dealkylation sites (tertiary alicyclic amines) is 2. The Morgan fingerprint density at radius 1 is 1.14 bits per heavy atom. The maximum atomic E-state index is 5.02. The maximum absolute atomic E-state index is 5.02. The second-order valence-electron chi connectivity index (χ2n) is 7.80. The summed E-state index contributed by atoms with van der Waals surface area (Å²) in [4.78, 5) is 10.0. The third kappa shape index (κ3) is 7.07. The molecule has 3 rings (SSSR count). The number of nitrogens with one attached hydrogen (secondary N) is 1. The van der Waals surface area contributed by atoms with E-state index in [9.17, 15) is 0 Å². The SMILES string of the molecule is CCNC(=NCC1CCCN(CC)C1)N1CCC(=Cc2ccccc2)CC1.I. The van der Waals surface area contributed by atoms with E-state index in [1.54, 1.807) is 5.57 Å². The molecule has 1 atom stereocenters. The molecule has 0 aromatic heterocycles. The van der Waals surface area contributed by atoms with E-state index in [0.29, 0.717) is 5.92 Å². The lowest BCUT2D eigenvalue weighted by molar-refractivity contribution is 0.186. The van der Waals surface area contributed by atoms with Crippen LogP contribution in [-0.2, 0) is 0 Å². The average Bonchev–Trinajstić information content (AvgIpc) is 2.73. The third-order valence-corrected chi connectivity index (χ3v) is 5.76. The van der Waals surface area contributed by atoms with Crippen molar-refractivity contribution in [2.75, 3.05) is 45.8 Å². The Balaban J connectivity index is 0.00000280. The number of hydrogen-bond acceptors (Lipinski definition) is 2. The van der Waals surface area contributed by atoms with Crippen LogP contribution < -0.4 is 5.32 Å². The number of nitrogens with zero attached hydrogens (tertiary/aromatic N) is 3. The topological polar surface area (TPSA) is 30.9 Å². The van der Waals surface area contributed by atoms with Crippen LogP contribution in [0.1, 0.15) is 45.1 Å². The van der Waals surface area contributed by atoms with Gasteiger partial charge in [-0.05, 0) is 57.2 Å². The Morgan fingerprint density at radius 3 is 2.57 bits per heavy atom. The minimum Gasteiger partial charge on any atom is -0.357 e. The lowest BCUT2D eigenvalue weighted by Gasteiger charge is -2.33. The summed E-state index contributed by atoms with van der Waals surface area (Å²) in [5.74, 6) is 1.83. The standard InChI is InChI=1S/C23H36N4.HI/c1-3-24-23(25-18-22-11-8-14-26(4-2)19-22)27-15-12-21(13-16-27)17-20-9-6-5-7-10-20;/h5-7,9-10,17,22H,3-4,8,11-16,18-19H2,1-2H3,(H,24,25);1H. The molecule has 0 amide bonds. The van der Waals surface area contributed by atoms with Crippen molar-refractivity contribution in [1.29, 1.82) is 0 Å². The maximum Gasteiger partial charge on any atom is 0.193 e. The smallest absolute Gasteiger partial charge is 0.193 e. The third-order valence-electron chi connectivity index (χ3n) is 5.76. The molecule has 0 saturated carbocycles. The minimum absolute atomic E-state index is 0. The fourth-order valence-electron chi connectivity index (χ4n) is 4.16. The summed E-state index contributed by atoms with van der Waals surface area (Å²) in [5, 5.41) is 3.52. The van der Waals surface area contributed by atoms with Gasteiger partial charge in [-0.2, -0.15) is 0 Å². The summed E-state index contributed by atoms with van der Waals surface area (Å²) in [7, 11) is 0. The van der Waals surface area contributed by atoms with Crippen LogP contribution in [0.4, 0.5) is 0 Å². The largest absolute Gasteiger partial charge is 0.357 e.